The van der Waals surface area contributed by atoms with Crippen LogP contribution in [0.3, 0.4) is 0 Å². The predicted molar refractivity (Wildman–Crippen MR) is 167 cm³/mol. The number of amides is 2. The standard InChI is InChI=1S/C32H26ClF3N4O3S/c1-31(2)17-40(28-25(41)13-11-21(27(28)31)29-38-23-12-10-19(33)15-26(23)44-29)24-9-4-3-8-22(24)39-30(42)37-16-18-6-5-7-20(14-18)43-32(34,35)36/h3-15,41H,16-17H2,1-2H3,(H2,37,39,42). The number of alkyl halides is 3. The Morgan fingerprint density at radius 3 is 2.68 bits per heavy atom. The van der Waals surface area contributed by atoms with Crippen molar-refractivity contribution in [3.63, 3.8) is 0 Å². The van der Waals surface area contributed by atoms with Gasteiger partial charge in [0, 0.05) is 29.1 Å². The Balaban J connectivity index is 1.28. The topological polar surface area (TPSA) is 86.7 Å². The van der Waals surface area contributed by atoms with Crippen LogP contribution in [0.2, 0.25) is 5.02 Å². The molecule has 226 valence electrons. The fraction of sp³-hybridized carbons (Fsp3) is 0.188. The summed E-state index contributed by atoms with van der Waals surface area (Å²) >= 11 is 7.74. The van der Waals surface area contributed by atoms with Gasteiger partial charge in [-0.25, -0.2) is 9.78 Å². The van der Waals surface area contributed by atoms with Gasteiger partial charge in [-0.1, -0.05) is 49.7 Å². The molecule has 1 aliphatic heterocycles. The second-order valence-electron chi connectivity index (χ2n) is 11.0. The summed E-state index contributed by atoms with van der Waals surface area (Å²) in [5.74, 6) is -0.273. The number of para-hydroxylation sites is 2. The Hall–Kier alpha value is -4.48. The molecule has 0 saturated carbocycles. The van der Waals surface area contributed by atoms with Crippen molar-refractivity contribution in [1.29, 1.82) is 0 Å². The van der Waals surface area contributed by atoms with Crippen LogP contribution in [0.1, 0.15) is 25.0 Å². The van der Waals surface area contributed by atoms with E-state index in [-0.39, 0.29) is 18.0 Å². The lowest BCUT2D eigenvalue weighted by molar-refractivity contribution is -0.274. The van der Waals surface area contributed by atoms with Gasteiger partial charge in [0.05, 0.1) is 27.3 Å². The van der Waals surface area contributed by atoms with Crippen LogP contribution in [0, 0.1) is 0 Å². The molecule has 0 spiro atoms. The number of ether oxygens (including phenoxy) is 1. The summed E-state index contributed by atoms with van der Waals surface area (Å²) in [5.41, 5.74) is 4.48. The average Bonchev–Trinajstić information content (AvgIpc) is 3.50. The first-order chi connectivity index (χ1) is 20.9. The van der Waals surface area contributed by atoms with Gasteiger partial charge in [0.25, 0.3) is 0 Å². The van der Waals surface area contributed by atoms with Gasteiger partial charge in [-0.2, -0.15) is 0 Å². The maximum atomic E-state index is 12.9. The second-order valence-corrected chi connectivity index (χ2v) is 12.4. The molecule has 0 radical (unpaired) electrons. The first-order valence-electron chi connectivity index (χ1n) is 13.6. The number of halogens is 4. The van der Waals surface area contributed by atoms with E-state index in [0.717, 1.165) is 26.4 Å². The number of carbonyl (C=O) groups excluding carboxylic acids is 1. The third-order valence-electron chi connectivity index (χ3n) is 7.27. The van der Waals surface area contributed by atoms with Gasteiger partial charge < -0.3 is 25.4 Å². The molecular formula is C32H26ClF3N4O3S. The van der Waals surface area contributed by atoms with E-state index in [9.17, 15) is 23.1 Å². The molecule has 0 saturated heterocycles. The molecule has 1 aromatic heterocycles. The molecule has 12 heteroatoms. The number of aromatic hydroxyl groups is 1. The number of hydrogen-bond acceptors (Lipinski definition) is 6. The molecule has 4 aromatic carbocycles. The molecule has 0 aliphatic carbocycles. The van der Waals surface area contributed by atoms with Gasteiger partial charge in [0.15, 0.2) is 0 Å². The number of aromatic nitrogens is 1. The van der Waals surface area contributed by atoms with Gasteiger partial charge >= 0.3 is 12.4 Å². The monoisotopic (exact) mass is 638 g/mol. The molecule has 3 N–H and O–H groups in total. The van der Waals surface area contributed by atoms with E-state index >= 15 is 0 Å². The summed E-state index contributed by atoms with van der Waals surface area (Å²) in [4.78, 5) is 19.8. The highest BCUT2D eigenvalue weighted by Crippen LogP contribution is 2.54. The maximum Gasteiger partial charge on any atom is 0.573 e. The van der Waals surface area contributed by atoms with E-state index in [0.29, 0.717) is 34.2 Å². The number of phenolic OH excluding ortho intramolecular Hbond substituents is 1. The smallest absolute Gasteiger partial charge is 0.506 e. The average molecular weight is 639 g/mol. The summed E-state index contributed by atoms with van der Waals surface area (Å²) in [7, 11) is 0. The highest BCUT2D eigenvalue weighted by Gasteiger charge is 2.41. The van der Waals surface area contributed by atoms with Crippen LogP contribution in [0.5, 0.6) is 11.5 Å². The van der Waals surface area contributed by atoms with E-state index < -0.39 is 17.8 Å². The van der Waals surface area contributed by atoms with Gasteiger partial charge in [-0.3, -0.25) is 0 Å². The van der Waals surface area contributed by atoms with Crippen molar-refractivity contribution < 1.29 is 27.8 Å². The van der Waals surface area contributed by atoms with Gasteiger partial charge in [-0.05, 0) is 65.7 Å². The molecule has 6 rings (SSSR count). The van der Waals surface area contributed by atoms with Crippen molar-refractivity contribution >= 4 is 56.2 Å². The zero-order chi connectivity index (χ0) is 31.2. The van der Waals surface area contributed by atoms with Crippen LogP contribution >= 0.6 is 22.9 Å². The van der Waals surface area contributed by atoms with Crippen LogP contribution in [0.25, 0.3) is 20.8 Å². The summed E-state index contributed by atoms with van der Waals surface area (Å²) in [5, 5.41) is 18.1. The molecule has 1 aliphatic rings. The highest BCUT2D eigenvalue weighted by molar-refractivity contribution is 7.21. The zero-order valence-electron chi connectivity index (χ0n) is 23.5. The van der Waals surface area contributed by atoms with E-state index in [2.05, 4.69) is 29.2 Å². The lowest BCUT2D eigenvalue weighted by atomic mass is 9.83. The van der Waals surface area contributed by atoms with Crippen molar-refractivity contribution in [2.24, 2.45) is 0 Å². The number of urea groups is 1. The Kier molecular flexibility index (Phi) is 7.54. The number of hydrogen-bond donors (Lipinski definition) is 3. The molecule has 0 bridgehead atoms. The molecule has 2 amide bonds. The summed E-state index contributed by atoms with van der Waals surface area (Å²) in [6, 6.07) is 21.2. The van der Waals surface area contributed by atoms with Gasteiger partial charge in [0.1, 0.15) is 16.5 Å². The molecule has 0 fully saturated rings. The molecule has 44 heavy (non-hydrogen) atoms. The summed E-state index contributed by atoms with van der Waals surface area (Å²) in [6.07, 6.45) is -4.81. The minimum atomic E-state index is -4.81. The van der Waals surface area contributed by atoms with E-state index in [1.807, 2.05) is 35.2 Å². The Labute approximate surface area is 259 Å². The maximum absolute atomic E-state index is 12.9. The first-order valence-corrected chi connectivity index (χ1v) is 14.8. The number of benzene rings is 4. The largest absolute Gasteiger partial charge is 0.573 e. The summed E-state index contributed by atoms with van der Waals surface area (Å²) in [6.45, 7) is 4.67. The molecule has 0 atom stereocenters. The number of anilines is 3. The third-order valence-corrected chi connectivity index (χ3v) is 8.55. The van der Waals surface area contributed by atoms with Crippen LogP contribution in [0.15, 0.2) is 78.9 Å². The van der Waals surface area contributed by atoms with Gasteiger partial charge in [-0.15, -0.1) is 24.5 Å². The predicted octanol–water partition coefficient (Wildman–Crippen LogP) is 8.97. The molecule has 0 unspecified atom stereocenters. The normalized spacial score (nSPS) is 14.0. The first kappa shape index (κ1) is 29.6. The Morgan fingerprint density at radius 2 is 1.89 bits per heavy atom. The molecule has 7 nitrogen and oxygen atoms in total. The van der Waals surface area contributed by atoms with Crippen LogP contribution in [-0.4, -0.2) is 29.0 Å². The molecular weight excluding hydrogens is 613 g/mol. The fourth-order valence-electron chi connectivity index (χ4n) is 5.51. The lowest BCUT2D eigenvalue weighted by Crippen LogP contribution is -2.30. The quantitative estimate of drug-likeness (QED) is 0.173. The highest BCUT2D eigenvalue weighted by atomic mass is 35.5. The minimum Gasteiger partial charge on any atom is -0.506 e. The summed E-state index contributed by atoms with van der Waals surface area (Å²) < 4.78 is 42.7. The van der Waals surface area contributed by atoms with Crippen LogP contribution in [0.4, 0.5) is 35.0 Å². The second kappa shape index (κ2) is 11.2. The van der Waals surface area contributed by atoms with E-state index in [4.69, 9.17) is 16.6 Å². The number of phenols is 1. The van der Waals surface area contributed by atoms with Crippen molar-refractivity contribution in [2.45, 2.75) is 32.2 Å². The number of thiazole rings is 1. The minimum absolute atomic E-state index is 0.0276. The Bertz CT molecular complexity index is 1890. The third kappa shape index (κ3) is 5.97. The number of nitrogens with one attached hydrogen (secondary N) is 2. The van der Waals surface area contributed by atoms with Crippen molar-refractivity contribution in [3.8, 4) is 22.1 Å². The van der Waals surface area contributed by atoms with Gasteiger partial charge in [0.2, 0.25) is 0 Å². The lowest BCUT2D eigenvalue weighted by Gasteiger charge is -2.25. The van der Waals surface area contributed by atoms with Crippen molar-refractivity contribution in [1.82, 2.24) is 10.3 Å². The molecule has 5 aromatic rings. The van der Waals surface area contributed by atoms with Crippen LogP contribution in [-0.2, 0) is 12.0 Å². The SMILES string of the molecule is CC1(C)CN(c2ccccc2NC(=O)NCc2cccc(OC(F)(F)F)c2)c2c(O)ccc(-c3nc4ccc(Cl)cc4s3)c21. The Morgan fingerprint density at radius 1 is 1.09 bits per heavy atom. The number of fused-ring (bicyclic) bond motifs is 2. The molecule has 2 heterocycles. The fourth-order valence-corrected chi connectivity index (χ4v) is 6.78. The van der Waals surface area contributed by atoms with E-state index in [1.165, 1.54) is 29.5 Å². The number of carbonyl (C=O) groups is 1. The van der Waals surface area contributed by atoms with E-state index in [1.54, 1.807) is 30.3 Å². The van der Waals surface area contributed by atoms with Crippen molar-refractivity contribution in [3.05, 3.63) is 95.0 Å². The van der Waals surface area contributed by atoms with Crippen molar-refractivity contribution in [2.75, 3.05) is 16.8 Å². The number of rotatable bonds is 6. The van der Waals surface area contributed by atoms with Crippen LogP contribution < -0.4 is 20.3 Å². The number of nitrogens with zero attached hydrogens (tertiary/aromatic N) is 2. The zero-order valence-corrected chi connectivity index (χ0v) is 25.1.